The van der Waals surface area contributed by atoms with Crippen molar-refractivity contribution in [2.45, 2.75) is 44.8 Å². The maximum absolute atomic E-state index is 11.5. The summed E-state index contributed by atoms with van der Waals surface area (Å²) in [5.74, 6) is 1.32. The zero-order chi connectivity index (χ0) is 25.8. The van der Waals surface area contributed by atoms with Gasteiger partial charge in [0.25, 0.3) is 0 Å². The van der Waals surface area contributed by atoms with Crippen molar-refractivity contribution >= 4 is 23.1 Å². The number of carboxylic acids is 1. The molecule has 0 radical (unpaired) electrons. The summed E-state index contributed by atoms with van der Waals surface area (Å²) >= 11 is 0. The second-order valence-corrected chi connectivity index (χ2v) is 9.30. The zero-order valence-corrected chi connectivity index (χ0v) is 20.8. The van der Waals surface area contributed by atoms with Gasteiger partial charge in [0.15, 0.2) is 0 Å². The monoisotopic (exact) mass is 498 g/mol. The molecule has 1 aliphatic rings. The smallest absolute Gasteiger partial charge is 0.335 e. The van der Waals surface area contributed by atoms with Gasteiger partial charge in [-0.25, -0.2) is 9.78 Å². The summed E-state index contributed by atoms with van der Waals surface area (Å²) in [5, 5.41) is 18.7. The summed E-state index contributed by atoms with van der Waals surface area (Å²) in [4.78, 5) is 16.4. The Labute approximate surface area is 215 Å². The Balaban J connectivity index is 1.44. The van der Waals surface area contributed by atoms with E-state index in [-0.39, 0.29) is 5.56 Å². The highest BCUT2D eigenvalue weighted by Crippen LogP contribution is 2.36. The third-order valence-electron chi connectivity index (χ3n) is 6.99. The van der Waals surface area contributed by atoms with E-state index in [0.717, 1.165) is 52.9 Å². The van der Waals surface area contributed by atoms with Gasteiger partial charge >= 0.3 is 5.97 Å². The third-order valence-corrected chi connectivity index (χ3v) is 6.99. The molecular weight excluding hydrogens is 468 g/mol. The molecule has 1 saturated carbocycles. The molecule has 0 amide bonds. The minimum absolute atomic E-state index is 0.240. The van der Waals surface area contributed by atoms with E-state index >= 15 is 0 Å². The highest BCUT2D eigenvalue weighted by atomic mass is 16.5. The summed E-state index contributed by atoms with van der Waals surface area (Å²) in [6.45, 7) is 0.314. The molecule has 3 aromatic carbocycles. The maximum atomic E-state index is 11.5. The summed E-state index contributed by atoms with van der Waals surface area (Å²) in [7, 11) is 1.61. The predicted molar refractivity (Wildman–Crippen MR) is 143 cm³/mol. The van der Waals surface area contributed by atoms with Crippen LogP contribution in [0.5, 0.6) is 11.5 Å². The minimum Gasteiger partial charge on any atom is -0.516 e. The first-order valence-electron chi connectivity index (χ1n) is 12.5. The Bertz CT molecular complexity index is 1430. The van der Waals surface area contributed by atoms with Gasteiger partial charge < -0.3 is 24.3 Å². The van der Waals surface area contributed by atoms with Crippen molar-refractivity contribution in [3.63, 3.8) is 0 Å². The molecule has 1 aromatic heterocycles. The van der Waals surface area contributed by atoms with Gasteiger partial charge in [-0.2, -0.15) is 0 Å². The lowest BCUT2D eigenvalue weighted by Crippen LogP contribution is -2.14. The molecule has 7 nitrogen and oxygen atoms in total. The molecule has 1 aliphatic carbocycles. The van der Waals surface area contributed by atoms with Gasteiger partial charge in [-0.15, -0.1) is 0 Å². The number of imidazole rings is 1. The van der Waals surface area contributed by atoms with E-state index in [1.807, 2.05) is 48.5 Å². The van der Waals surface area contributed by atoms with Gasteiger partial charge in [0.2, 0.25) is 0 Å². The van der Waals surface area contributed by atoms with Crippen LogP contribution in [-0.4, -0.2) is 32.8 Å². The van der Waals surface area contributed by atoms with Crippen LogP contribution in [0.3, 0.4) is 0 Å². The van der Waals surface area contributed by atoms with Crippen molar-refractivity contribution in [3.8, 4) is 22.9 Å². The molecule has 0 bridgehead atoms. The van der Waals surface area contributed by atoms with Crippen LogP contribution in [0.2, 0.25) is 0 Å². The lowest BCUT2D eigenvalue weighted by atomic mass is 9.95. The second-order valence-electron chi connectivity index (χ2n) is 9.30. The van der Waals surface area contributed by atoms with Gasteiger partial charge in [0.05, 0.1) is 30.0 Å². The predicted octanol–water partition coefficient (Wildman–Crippen LogP) is 7.02. The van der Waals surface area contributed by atoms with E-state index in [1.54, 1.807) is 25.3 Å². The molecule has 37 heavy (non-hydrogen) atoms. The Hall–Kier alpha value is -4.26. The van der Waals surface area contributed by atoms with Crippen LogP contribution in [0.15, 0.2) is 66.9 Å². The van der Waals surface area contributed by atoms with Crippen LogP contribution in [-0.2, 0) is 6.61 Å². The second kappa shape index (κ2) is 10.8. The minimum atomic E-state index is -0.953. The average Bonchev–Trinajstić information content (AvgIpc) is 3.32. The number of methoxy groups -OCH3 is 1. The number of aromatic nitrogens is 2. The Morgan fingerprint density at radius 1 is 1.03 bits per heavy atom. The number of nitrogens with zero attached hydrogens (tertiary/aromatic N) is 2. The van der Waals surface area contributed by atoms with Gasteiger partial charge in [0.1, 0.15) is 23.9 Å². The fraction of sp³-hybridized carbons (Fsp3) is 0.267. The highest BCUT2D eigenvalue weighted by molar-refractivity contribution is 5.93. The topological polar surface area (TPSA) is 93.8 Å². The summed E-state index contributed by atoms with van der Waals surface area (Å²) in [6, 6.07) is 19.0. The normalized spacial score (nSPS) is 14.3. The standard InChI is InChI=1S/C30H30N2O5/c1-36-26-13-7-20(15-16-33)23(17-26)19-37-25-11-8-21(9-12-25)29-31-27-18-22(30(34)35)10-14-28(27)32(29)24-5-3-2-4-6-24/h7-18,24,33H,2-6,19H2,1H3,(H,34,35)/b16-15+. The van der Waals surface area contributed by atoms with Crippen LogP contribution in [0, 0.1) is 0 Å². The number of aliphatic hydroxyl groups excluding tert-OH is 1. The number of ether oxygens (including phenoxy) is 2. The Kier molecular flexibility index (Phi) is 7.12. The van der Waals surface area contributed by atoms with E-state index < -0.39 is 5.97 Å². The molecular formula is C30H30N2O5. The molecule has 5 rings (SSSR count). The molecule has 0 aliphatic heterocycles. The fourth-order valence-electron chi connectivity index (χ4n) is 5.08. The van der Waals surface area contributed by atoms with Crippen LogP contribution >= 0.6 is 0 Å². The molecule has 2 N–H and O–H groups in total. The number of aliphatic hydroxyl groups is 1. The quantitative estimate of drug-likeness (QED) is 0.254. The number of carbonyl (C=O) groups is 1. The van der Waals surface area contributed by atoms with Gasteiger partial charge in [0, 0.05) is 17.2 Å². The molecule has 7 heteroatoms. The van der Waals surface area contributed by atoms with E-state index in [0.29, 0.717) is 23.9 Å². The number of benzene rings is 3. The first kappa shape index (κ1) is 24.4. The van der Waals surface area contributed by atoms with Gasteiger partial charge in [-0.05, 0) is 79.1 Å². The molecule has 1 fully saturated rings. The van der Waals surface area contributed by atoms with Crippen molar-refractivity contribution in [2.24, 2.45) is 0 Å². The summed E-state index contributed by atoms with van der Waals surface area (Å²) in [6.07, 6.45) is 8.42. The van der Waals surface area contributed by atoms with Crippen molar-refractivity contribution in [1.82, 2.24) is 9.55 Å². The van der Waals surface area contributed by atoms with Crippen molar-refractivity contribution in [2.75, 3.05) is 7.11 Å². The highest BCUT2D eigenvalue weighted by Gasteiger charge is 2.23. The third kappa shape index (κ3) is 5.16. The van der Waals surface area contributed by atoms with Crippen molar-refractivity contribution < 1.29 is 24.5 Å². The van der Waals surface area contributed by atoms with Crippen molar-refractivity contribution in [3.05, 3.63) is 83.6 Å². The number of fused-ring (bicyclic) bond motifs is 1. The number of aromatic carboxylic acids is 1. The molecule has 4 aromatic rings. The van der Waals surface area contributed by atoms with Gasteiger partial charge in [-0.1, -0.05) is 25.3 Å². The van der Waals surface area contributed by atoms with Crippen LogP contribution < -0.4 is 9.47 Å². The molecule has 1 heterocycles. The Morgan fingerprint density at radius 2 is 1.78 bits per heavy atom. The molecule has 190 valence electrons. The number of hydrogen-bond acceptors (Lipinski definition) is 5. The SMILES string of the molecule is COc1ccc(/C=C/O)c(COc2ccc(-c3nc4cc(C(=O)O)ccc4n3C3CCCCC3)cc2)c1. The molecule has 0 atom stereocenters. The van der Waals surface area contributed by atoms with E-state index in [9.17, 15) is 15.0 Å². The number of hydrogen-bond donors (Lipinski definition) is 2. The number of carboxylic acid groups (broad SMARTS) is 1. The molecule has 0 spiro atoms. The first-order valence-corrected chi connectivity index (χ1v) is 12.5. The number of rotatable bonds is 8. The van der Waals surface area contributed by atoms with E-state index in [1.165, 1.54) is 19.3 Å². The van der Waals surface area contributed by atoms with Crippen LogP contribution in [0.1, 0.15) is 59.6 Å². The fourth-order valence-corrected chi connectivity index (χ4v) is 5.08. The van der Waals surface area contributed by atoms with E-state index in [2.05, 4.69) is 4.57 Å². The van der Waals surface area contributed by atoms with Crippen molar-refractivity contribution in [1.29, 1.82) is 0 Å². The van der Waals surface area contributed by atoms with E-state index in [4.69, 9.17) is 14.5 Å². The molecule has 0 unspecified atom stereocenters. The average molecular weight is 499 g/mol. The Morgan fingerprint density at radius 3 is 2.49 bits per heavy atom. The largest absolute Gasteiger partial charge is 0.516 e. The lowest BCUT2D eigenvalue weighted by Gasteiger charge is -2.25. The maximum Gasteiger partial charge on any atom is 0.335 e. The van der Waals surface area contributed by atoms with Gasteiger partial charge in [-0.3, -0.25) is 0 Å². The van der Waals surface area contributed by atoms with Crippen LogP contribution in [0.4, 0.5) is 0 Å². The lowest BCUT2D eigenvalue weighted by molar-refractivity contribution is 0.0697. The summed E-state index contributed by atoms with van der Waals surface area (Å²) in [5.41, 5.74) is 4.60. The molecule has 0 saturated heterocycles. The summed E-state index contributed by atoms with van der Waals surface area (Å²) < 4.78 is 13.7. The zero-order valence-electron chi connectivity index (χ0n) is 20.8. The van der Waals surface area contributed by atoms with Crippen LogP contribution in [0.25, 0.3) is 28.5 Å². The first-order chi connectivity index (χ1) is 18.1.